The van der Waals surface area contributed by atoms with Crippen molar-refractivity contribution in [2.24, 2.45) is 4.99 Å². The van der Waals surface area contributed by atoms with Gasteiger partial charge in [0.25, 0.3) is 0 Å². The molecule has 4 nitrogen and oxygen atoms in total. The summed E-state index contributed by atoms with van der Waals surface area (Å²) < 4.78 is 0. The van der Waals surface area contributed by atoms with Crippen LogP contribution in [-0.2, 0) is 0 Å². The van der Waals surface area contributed by atoms with E-state index in [2.05, 4.69) is 23.3 Å². The standard InChI is InChI=1S/C15H21ClN4/c1-3-4-5-6-7-14(19-2)20-13-9-8-12(18)11(10-17)15(13)16/h6-10,17H,3-5,18H2,1-2H3,(H,19,20)/b7-6-,17-10?. The molecule has 0 amide bonds. The number of nitrogens with one attached hydrogen (secondary N) is 2. The van der Waals surface area contributed by atoms with E-state index >= 15 is 0 Å². The zero-order valence-electron chi connectivity index (χ0n) is 11.9. The van der Waals surface area contributed by atoms with Crippen molar-refractivity contribution in [2.45, 2.75) is 26.2 Å². The first-order valence-electron chi connectivity index (χ1n) is 6.62. The highest BCUT2D eigenvalue weighted by molar-refractivity contribution is 6.37. The summed E-state index contributed by atoms with van der Waals surface area (Å²) in [5.41, 5.74) is 7.47. The van der Waals surface area contributed by atoms with E-state index in [1.807, 2.05) is 6.08 Å². The van der Waals surface area contributed by atoms with Crippen molar-refractivity contribution in [3.8, 4) is 0 Å². The molecule has 1 aromatic rings. The molecule has 108 valence electrons. The van der Waals surface area contributed by atoms with Gasteiger partial charge >= 0.3 is 0 Å². The van der Waals surface area contributed by atoms with Crippen molar-refractivity contribution >= 4 is 35.0 Å². The van der Waals surface area contributed by atoms with Gasteiger partial charge < -0.3 is 16.5 Å². The Morgan fingerprint density at radius 2 is 2.25 bits per heavy atom. The van der Waals surface area contributed by atoms with Gasteiger partial charge in [-0.15, -0.1) is 0 Å². The molecule has 1 rings (SSSR count). The lowest BCUT2D eigenvalue weighted by Crippen LogP contribution is -2.10. The molecule has 0 heterocycles. The smallest absolute Gasteiger partial charge is 0.124 e. The number of anilines is 2. The predicted molar refractivity (Wildman–Crippen MR) is 89.4 cm³/mol. The number of amidine groups is 1. The molecule has 20 heavy (non-hydrogen) atoms. The monoisotopic (exact) mass is 292 g/mol. The van der Waals surface area contributed by atoms with Crippen LogP contribution in [0.25, 0.3) is 0 Å². The molecule has 0 fully saturated rings. The SMILES string of the molecule is CCCC/C=C\C(=NC)Nc1ccc(N)c(C=N)c1Cl. The van der Waals surface area contributed by atoms with Gasteiger partial charge in [0, 0.05) is 24.5 Å². The molecule has 0 aliphatic heterocycles. The Labute approximate surface area is 125 Å². The lowest BCUT2D eigenvalue weighted by Gasteiger charge is -2.11. The summed E-state index contributed by atoms with van der Waals surface area (Å²) in [4.78, 5) is 4.17. The van der Waals surface area contributed by atoms with E-state index < -0.39 is 0 Å². The Morgan fingerprint density at radius 1 is 1.50 bits per heavy atom. The summed E-state index contributed by atoms with van der Waals surface area (Å²) >= 11 is 6.23. The summed E-state index contributed by atoms with van der Waals surface area (Å²) in [5.74, 6) is 0.726. The van der Waals surface area contributed by atoms with Crippen LogP contribution in [0.4, 0.5) is 11.4 Å². The van der Waals surface area contributed by atoms with Crippen molar-refractivity contribution < 1.29 is 0 Å². The van der Waals surface area contributed by atoms with Crippen LogP contribution < -0.4 is 11.1 Å². The zero-order chi connectivity index (χ0) is 15.0. The topological polar surface area (TPSA) is 74.3 Å². The number of benzene rings is 1. The van der Waals surface area contributed by atoms with Gasteiger partial charge in [-0.3, -0.25) is 4.99 Å². The third-order valence-electron chi connectivity index (χ3n) is 2.86. The fourth-order valence-corrected chi connectivity index (χ4v) is 1.95. The highest BCUT2D eigenvalue weighted by Crippen LogP contribution is 2.29. The Bertz CT molecular complexity index is 521. The van der Waals surface area contributed by atoms with E-state index in [0.717, 1.165) is 24.9 Å². The second-order valence-corrected chi connectivity index (χ2v) is 4.73. The molecule has 0 radical (unpaired) electrons. The number of unbranched alkanes of at least 4 members (excludes halogenated alkanes) is 2. The minimum Gasteiger partial charge on any atom is -0.398 e. The second-order valence-electron chi connectivity index (χ2n) is 4.35. The Balaban J connectivity index is 2.86. The lowest BCUT2D eigenvalue weighted by atomic mass is 10.1. The van der Waals surface area contributed by atoms with E-state index in [9.17, 15) is 0 Å². The number of nitrogens with two attached hydrogens (primary N) is 1. The fraction of sp³-hybridized carbons (Fsp3) is 0.333. The van der Waals surface area contributed by atoms with Crippen LogP contribution in [0.5, 0.6) is 0 Å². The summed E-state index contributed by atoms with van der Waals surface area (Å²) in [6.45, 7) is 2.16. The Hall–Kier alpha value is -1.81. The molecule has 1 aromatic carbocycles. The number of halogens is 1. The van der Waals surface area contributed by atoms with Crippen molar-refractivity contribution in [3.63, 3.8) is 0 Å². The number of rotatable bonds is 6. The number of aliphatic imine (C=N–C) groups is 1. The first-order chi connectivity index (χ1) is 9.63. The lowest BCUT2D eigenvalue weighted by molar-refractivity contribution is 0.815. The third-order valence-corrected chi connectivity index (χ3v) is 3.27. The van der Waals surface area contributed by atoms with E-state index in [4.69, 9.17) is 22.7 Å². The third kappa shape index (κ3) is 4.38. The molecule has 0 aliphatic carbocycles. The van der Waals surface area contributed by atoms with Gasteiger partial charge in [0.15, 0.2) is 0 Å². The predicted octanol–water partition coefficient (Wildman–Crippen LogP) is 4.11. The number of nitrogen functional groups attached to an aromatic ring is 1. The highest BCUT2D eigenvalue weighted by atomic mass is 35.5. The summed E-state index contributed by atoms with van der Waals surface area (Å²) in [7, 11) is 1.72. The fourth-order valence-electron chi connectivity index (χ4n) is 1.68. The van der Waals surface area contributed by atoms with Crippen LogP contribution in [0.2, 0.25) is 5.02 Å². The van der Waals surface area contributed by atoms with Crippen LogP contribution in [0.3, 0.4) is 0 Å². The Kier molecular flexibility index (Phi) is 6.81. The largest absolute Gasteiger partial charge is 0.398 e. The molecule has 5 heteroatoms. The quantitative estimate of drug-likeness (QED) is 0.319. The van der Waals surface area contributed by atoms with Gasteiger partial charge in [0.05, 0.1) is 10.7 Å². The number of allylic oxidation sites excluding steroid dienone is 1. The minimum atomic E-state index is 0.433. The highest BCUT2D eigenvalue weighted by Gasteiger charge is 2.08. The van der Waals surface area contributed by atoms with Crippen molar-refractivity contribution in [2.75, 3.05) is 18.1 Å². The maximum atomic E-state index is 7.34. The summed E-state index contributed by atoms with van der Waals surface area (Å²) in [6.07, 6.45) is 8.53. The molecular formula is C15H21ClN4. The molecule has 0 atom stereocenters. The molecule has 0 aromatic heterocycles. The zero-order valence-corrected chi connectivity index (χ0v) is 12.7. The van der Waals surface area contributed by atoms with Gasteiger partial charge in [-0.05, 0) is 24.6 Å². The van der Waals surface area contributed by atoms with Crippen LogP contribution in [0.1, 0.15) is 31.7 Å². The van der Waals surface area contributed by atoms with Gasteiger partial charge in [-0.1, -0.05) is 37.4 Å². The molecular weight excluding hydrogens is 272 g/mol. The van der Waals surface area contributed by atoms with Crippen molar-refractivity contribution in [3.05, 3.63) is 34.9 Å². The second kappa shape index (κ2) is 8.38. The molecule has 0 spiro atoms. The van der Waals surface area contributed by atoms with Crippen molar-refractivity contribution in [1.29, 1.82) is 5.41 Å². The molecule has 0 unspecified atom stereocenters. The molecule has 0 aliphatic rings. The minimum absolute atomic E-state index is 0.433. The van der Waals surface area contributed by atoms with E-state index in [-0.39, 0.29) is 0 Å². The molecule has 4 N–H and O–H groups in total. The van der Waals surface area contributed by atoms with Gasteiger partial charge in [-0.25, -0.2) is 0 Å². The Morgan fingerprint density at radius 3 is 2.85 bits per heavy atom. The van der Waals surface area contributed by atoms with Crippen LogP contribution in [0, 0.1) is 5.41 Å². The van der Waals surface area contributed by atoms with E-state index in [1.165, 1.54) is 6.42 Å². The first-order valence-corrected chi connectivity index (χ1v) is 7.00. The van der Waals surface area contributed by atoms with Crippen molar-refractivity contribution in [1.82, 2.24) is 0 Å². The van der Waals surface area contributed by atoms with Gasteiger partial charge in [-0.2, -0.15) is 0 Å². The maximum absolute atomic E-state index is 7.34. The number of hydrogen-bond donors (Lipinski definition) is 3. The summed E-state index contributed by atoms with van der Waals surface area (Å²) in [6, 6.07) is 3.51. The maximum Gasteiger partial charge on any atom is 0.124 e. The van der Waals surface area contributed by atoms with E-state index in [1.54, 1.807) is 19.2 Å². The molecule has 0 bridgehead atoms. The average molecular weight is 293 g/mol. The van der Waals surface area contributed by atoms with Crippen LogP contribution in [0.15, 0.2) is 29.3 Å². The normalized spacial score (nSPS) is 11.8. The average Bonchev–Trinajstić information content (AvgIpc) is 2.45. The molecule has 0 saturated carbocycles. The van der Waals surface area contributed by atoms with Crippen LogP contribution >= 0.6 is 11.6 Å². The van der Waals surface area contributed by atoms with E-state index in [0.29, 0.717) is 22.0 Å². The van der Waals surface area contributed by atoms with Gasteiger partial charge in [0.2, 0.25) is 0 Å². The van der Waals surface area contributed by atoms with Crippen LogP contribution in [-0.4, -0.2) is 19.1 Å². The first kappa shape index (κ1) is 16.2. The summed E-state index contributed by atoms with van der Waals surface area (Å²) in [5, 5.41) is 10.9. The van der Waals surface area contributed by atoms with Gasteiger partial charge in [0.1, 0.15) is 5.84 Å². The molecule has 0 saturated heterocycles. The number of nitrogens with zero attached hydrogens (tertiary/aromatic N) is 1. The number of hydrogen-bond acceptors (Lipinski definition) is 3.